The number of anilines is 1. The van der Waals surface area contributed by atoms with Crippen LogP contribution in [0.3, 0.4) is 0 Å². The summed E-state index contributed by atoms with van der Waals surface area (Å²) in [6, 6.07) is 12.7. The van der Waals surface area contributed by atoms with Gasteiger partial charge in [-0.3, -0.25) is 19.1 Å². The van der Waals surface area contributed by atoms with Gasteiger partial charge in [-0.15, -0.1) is 0 Å². The van der Waals surface area contributed by atoms with Crippen LogP contribution in [0.25, 0.3) is 0 Å². The van der Waals surface area contributed by atoms with Crippen molar-refractivity contribution in [1.29, 1.82) is 5.26 Å². The third kappa shape index (κ3) is 5.15. The van der Waals surface area contributed by atoms with Gasteiger partial charge in [-0.1, -0.05) is 26.0 Å². The SMILES string of the molecule is CC(=O)c1ccc(S(=O)(=O)Nc2ccc(C(=O)[C@@H](C#N)C(=O)C(C)C)cc2)cc1. The van der Waals surface area contributed by atoms with Gasteiger partial charge in [-0.05, 0) is 43.3 Å². The first-order chi connectivity index (χ1) is 13.6. The predicted octanol–water partition coefficient (Wildman–Crippen LogP) is 3.24. The molecule has 0 saturated carbocycles. The Balaban J connectivity index is 2.19. The summed E-state index contributed by atoms with van der Waals surface area (Å²) in [5.74, 6) is -3.10. The van der Waals surface area contributed by atoms with E-state index >= 15 is 0 Å². The highest BCUT2D eigenvalue weighted by molar-refractivity contribution is 7.92. The average Bonchev–Trinajstić information content (AvgIpc) is 2.68. The number of nitrogens with one attached hydrogen (secondary N) is 1. The minimum absolute atomic E-state index is 0.0188. The lowest BCUT2D eigenvalue weighted by atomic mass is 9.89. The Kier molecular flexibility index (Phi) is 6.67. The molecule has 150 valence electrons. The lowest BCUT2D eigenvalue weighted by Crippen LogP contribution is -2.26. The molecule has 0 amide bonds. The lowest BCUT2D eigenvalue weighted by molar-refractivity contribution is -0.123. The molecule has 29 heavy (non-hydrogen) atoms. The molecule has 2 aromatic carbocycles. The fraction of sp³-hybridized carbons (Fsp3) is 0.238. The van der Waals surface area contributed by atoms with Crippen LogP contribution in [0.2, 0.25) is 0 Å². The summed E-state index contributed by atoms with van der Waals surface area (Å²) in [5, 5.41) is 9.16. The zero-order chi connectivity index (χ0) is 21.8. The zero-order valence-electron chi connectivity index (χ0n) is 16.2. The lowest BCUT2D eigenvalue weighted by Gasteiger charge is -2.11. The third-order valence-corrected chi connectivity index (χ3v) is 5.63. The van der Waals surface area contributed by atoms with Crippen molar-refractivity contribution in [2.75, 3.05) is 4.72 Å². The van der Waals surface area contributed by atoms with Crippen molar-refractivity contribution < 1.29 is 22.8 Å². The van der Waals surface area contributed by atoms with Crippen molar-refractivity contribution in [3.8, 4) is 6.07 Å². The molecule has 0 aliphatic heterocycles. The highest BCUT2D eigenvalue weighted by Gasteiger charge is 2.29. The van der Waals surface area contributed by atoms with Gasteiger partial charge < -0.3 is 0 Å². The molecular weight excluding hydrogens is 392 g/mol. The molecule has 2 rings (SSSR count). The van der Waals surface area contributed by atoms with Gasteiger partial charge in [0.2, 0.25) is 0 Å². The number of nitrogens with zero attached hydrogens (tertiary/aromatic N) is 1. The van der Waals surface area contributed by atoms with Gasteiger partial charge in [0.05, 0.1) is 11.0 Å². The van der Waals surface area contributed by atoms with Gasteiger partial charge in [-0.25, -0.2) is 8.42 Å². The molecule has 0 bridgehead atoms. The van der Waals surface area contributed by atoms with E-state index in [-0.39, 0.29) is 21.9 Å². The second-order valence-electron chi connectivity index (χ2n) is 6.75. The van der Waals surface area contributed by atoms with Gasteiger partial charge in [0, 0.05) is 22.7 Å². The summed E-state index contributed by atoms with van der Waals surface area (Å²) in [5.41, 5.74) is 0.745. The second kappa shape index (κ2) is 8.80. The number of hydrogen-bond acceptors (Lipinski definition) is 6. The molecule has 0 radical (unpaired) electrons. The van der Waals surface area contributed by atoms with Crippen LogP contribution in [-0.4, -0.2) is 25.8 Å². The summed E-state index contributed by atoms with van der Waals surface area (Å²) >= 11 is 0. The summed E-state index contributed by atoms with van der Waals surface area (Å²) in [6.07, 6.45) is 0. The number of ketones is 3. The molecule has 0 aromatic heterocycles. The standard InChI is InChI=1S/C21H20N2O5S/c1-13(2)20(25)19(12-22)21(26)16-4-8-17(9-5-16)23-29(27,28)18-10-6-15(7-11-18)14(3)24/h4-11,13,19,23H,1-3H3/t19-/m0/s1. The summed E-state index contributed by atoms with van der Waals surface area (Å²) in [6.45, 7) is 4.61. The fourth-order valence-corrected chi connectivity index (χ4v) is 3.60. The van der Waals surface area contributed by atoms with Crippen molar-refractivity contribution in [1.82, 2.24) is 0 Å². The minimum atomic E-state index is -3.89. The molecule has 0 heterocycles. The second-order valence-corrected chi connectivity index (χ2v) is 8.43. The smallest absolute Gasteiger partial charge is 0.261 e. The van der Waals surface area contributed by atoms with Gasteiger partial charge in [-0.2, -0.15) is 5.26 Å². The first kappa shape index (κ1) is 22.0. The first-order valence-corrected chi connectivity index (χ1v) is 10.3. The fourth-order valence-electron chi connectivity index (χ4n) is 2.54. The Morgan fingerprint density at radius 1 is 0.931 bits per heavy atom. The number of carbonyl (C=O) groups is 3. The summed E-state index contributed by atoms with van der Waals surface area (Å²) in [7, 11) is -3.89. The molecular formula is C21H20N2O5S. The molecule has 0 unspecified atom stereocenters. The normalized spacial score (nSPS) is 12.1. The van der Waals surface area contributed by atoms with Crippen molar-refractivity contribution in [3.63, 3.8) is 0 Å². The van der Waals surface area contributed by atoms with Crippen molar-refractivity contribution in [2.24, 2.45) is 11.8 Å². The quantitative estimate of drug-likeness (QED) is 0.525. The van der Waals surface area contributed by atoms with Crippen LogP contribution in [0.4, 0.5) is 5.69 Å². The van der Waals surface area contributed by atoms with E-state index in [2.05, 4.69) is 4.72 Å². The Labute approximate surface area is 169 Å². The summed E-state index contributed by atoms with van der Waals surface area (Å²) in [4.78, 5) is 35.7. The highest BCUT2D eigenvalue weighted by Crippen LogP contribution is 2.20. The molecule has 0 aliphatic carbocycles. The Morgan fingerprint density at radius 2 is 1.45 bits per heavy atom. The number of Topliss-reactive ketones (excluding diaryl/α,β-unsaturated/α-hetero) is 3. The number of benzene rings is 2. The molecule has 0 spiro atoms. The van der Waals surface area contributed by atoms with Crippen molar-refractivity contribution in [2.45, 2.75) is 25.7 Å². The predicted molar refractivity (Wildman–Crippen MR) is 107 cm³/mol. The Bertz CT molecular complexity index is 1080. The number of hydrogen-bond donors (Lipinski definition) is 1. The van der Waals surface area contributed by atoms with E-state index in [4.69, 9.17) is 5.26 Å². The van der Waals surface area contributed by atoms with Crippen molar-refractivity contribution >= 4 is 33.1 Å². The molecule has 1 N–H and O–H groups in total. The number of sulfonamides is 1. The van der Waals surface area contributed by atoms with Crippen LogP contribution in [-0.2, 0) is 14.8 Å². The Morgan fingerprint density at radius 3 is 1.90 bits per heavy atom. The van der Waals surface area contributed by atoms with Crippen LogP contribution >= 0.6 is 0 Å². The number of nitriles is 1. The minimum Gasteiger partial charge on any atom is -0.297 e. The molecule has 7 nitrogen and oxygen atoms in total. The molecule has 0 saturated heterocycles. The van der Waals surface area contributed by atoms with Gasteiger partial charge in [0.25, 0.3) is 10.0 Å². The molecule has 0 fully saturated rings. The van der Waals surface area contributed by atoms with E-state index in [1.807, 2.05) is 0 Å². The molecule has 0 aliphatic rings. The first-order valence-electron chi connectivity index (χ1n) is 8.78. The average molecular weight is 412 g/mol. The topological polar surface area (TPSA) is 121 Å². The number of carbonyl (C=O) groups excluding carboxylic acids is 3. The van der Waals surface area contributed by atoms with Gasteiger partial charge in [0.15, 0.2) is 23.3 Å². The van der Waals surface area contributed by atoms with Crippen LogP contribution in [0.5, 0.6) is 0 Å². The van der Waals surface area contributed by atoms with E-state index in [1.165, 1.54) is 55.5 Å². The monoisotopic (exact) mass is 412 g/mol. The maximum Gasteiger partial charge on any atom is 0.261 e. The van der Waals surface area contributed by atoms with Crippen molar-refractivity contribution in [3.05, 3.63) is 59.7 Å². The van der Waals surface area contributed by atoms with Crippen LogP contribution < -0.4 is 4.72 Å². The van der Waals surface area contributed by atoms with E-state index in [1.54, 1.807) is 19.9 Å². The van der Waals surface area contributed by atoms with Gasteiger partial charge in [0.1, 0.15) is 0 Å². The van der Waals surface area contributed by atoms with E-state index < -0.39 is 33.4 Å². The highest BCUT2D eigenvalue weighted by atomic mass is 32.2. The maximum absolute atomic E-state index is 12.5. The molecule has 1 atom stereocenters. The van der Waals surface area contributed by atoms with Crippen LogP contribution in [0.1, 0.15) is 41.5 Å². The van der Waals surface area contributed by atoms with Gasteiger partial charge >= 0.3 is 0 Å². The molecule has 2 aromatic rings. The maximum atomic E-state index is 12.5. The molecule has 8 heteroatoms. The zero-order valence-corrected chi connectivity index (χ0v) is 17.0. The van der Waals surface area contributed by atoms with Crippen LogP contribution in [0, 0.1) is 23.2 Å². The third-order valence-electron chi connectivity index (χ3n) is 4.24. The number of rotatable bonds is 8. The van der Waals surface area contributed by atoms with E-state index in [0.29, 0.717) is 5.56 Å². The van der Waals surface area contributed by atoms with E-state index in [9.17, 15) is 22.8 Å². The van der Waals surface area contributed by atoms with E-state index in [0.717, 1.165) is 0 Å². The van der Waals surface area contributed by atoms with Crippen LogP contribution in [0.15, 0.2) is 53.4 Å². The Hall–Kier alpha value is -3.31. The summed E-state index contributed by atoms with van der Waals surface area (Å²) < 4.78 is 27.3. The largest absolute Gasteiger partial charge is 0.297 e.